The molecule has 2 nitrogen and oxygen atoms in total. The van der Waals surface area contributed by atoms with Crippen LogP contribution in [0.15, 0.2) is 0 Å². The van der Waals surface area contributed by atoms with Crippen LogP contribution in [-0.4, -0.2) is 36.1 Å². The number of unbranched alkanes of at least 4 members (excludes halogenated alkanes) is 2. The van der Waals surface area contributed by atoms with Crippen molar-refractivity contribution < 1.29 is 0 Å². The largest absolute Gasteiger partial charge is 0.312 e. The lowest BCUT2D eigenvalue weighted by Gasteiger charge is -2.41. The van der Waals surface area contributed by atoms with E-state index in [2.05, 4.69) is 51.8 Å². The van der Waals surface area contributed by atoms with Gasteiger partial charge in [0.15, 0.2) is 0 Å². The third-order valence-corrected chi connectivity index (χ3v) is 4.50. The van der Waals surface area contributed by atoms with Gasteiger partial charge in [0.2, 0.25) is 0 Å². The van der Waals surface area contributed by atoms with Crippen molar-refractivity contribution in [2.75, 3.05) is 19.6 Å². The van der Waals surface area contributed by atoms with Crippen molar-refractivity contribution in [1.82, 2.24) is 10.2 Å². The van der Waals surface area contributed by atoms with Crippen LogP contribution in [0.2, 0.25) is 0 Å². The summed E-state index contributed by atoms with van der Waals surface area (Å²) in [6, 6.07) is 0.781. The highest BCUT2D eigenvalue weighted by Crippen LogP contribution is 2.26. The number of hydrogen-bond acceptors (Lipinski definition) is 2. The molecule has 0 aliphatic carbocycles. The number of rotatable bonds is 6. The van der Waals surface area contributed by atoms with Gasteiger partial charge in [0.05, 0.1) is 0 Å². The third kappa shape index (κ3) is 6.76. The first kappa shape index (κ1) is 17.0. The zero-order valence-electron chi connectivity index (χ0n) is 14.1. The minimum Gasteiger partial charge on any atom is -0.312 e. The van der Waals surface area contributed by atoms with Crippen molar-refractivity contribution in [2.24, 2.45) is 11.8 Å². The van der Waals surface area contributed by atoms with Gasteiger partial charge in [0.25, 0.3) is 0 Å². The fourth-order valence-electron chi connectivity index (χ4n) is 3.21. The van der Waals surface area contributed by atoms with Gasteiger partial charge in [-0.1, -0.05) is 20.3 Å². The average Bonchev–Trinajstić information content (AvgIpc) is 2.28. The molecular formula is C17H36N2. The van der Waals surface area contributed by atoms with E-state index in [1.165, 1.54) is 38.8 Å². The van der Waals surface area contributed by atoms with E-state index in [-0.39, 0.29) is 5.54 Å². The Hall–Kier alpha value is -0.0800. The Labute approximate surface area is 121 Å². The predicted octanol–water partition coefficient (Wildman–Crippen LogP) is 3.91. The summed E-state index contributed by atoms with van der Waals surface area (Å²) in [5.74, 6) is 1.75. The van der Waals surface area contributed by atoms with Crippen molar-refractivity contribution in [2.45, 2.75) is 78.8 Å². The molecule has 1 rings (SSSR count). The van der Waals surface area contributed by atoms with Gasteiger partial charge in [-0.2, -0.15) is 0 Å². The first-order valence-corrected chi connectivity index (χ1v) is 8.28. The second-order valence-electron chi connectivity index (χ2n) is 7.79. The van der Waals surface area contributed by atoms with Gasteiger partial charge in [-0.05, 0) is 71.9 Å². The molecule has 0 amide bonds. The van der Waals surface area contributed by atoms with Gasteiger partial charge in [-0.15, -0.1) is 0 Å². The fourth-order valence-corrected chi connectivity index (χ4v) is 3.21. The molecule has 1 saturated heterocycles. The first-order chi connectivity index (χ1) is 8.79. The molecule has 0 bridgehead atoms. The molecule has 0 spiro atoms. The van der Waals surface area contributed by atoms with Crippen molar-refractivity contribution in [3.63, 3.8) is 0 Å². The van der Waals surface area contributed by atoms with Crippen LogP contribution in [0.5, 0.6) is 0 Å². The van der Waals surface area contributed by atoms with E-state index in [1.807, 2.05) is 0 Å². The summed E-state index contributed by atoms with van der Waals surface area (Å²) in [4.78, 5) is 2.72. The van der Waals surface area contributed by atoms with Gasteiger partial charge in [0.1, 0.15) is 0 Å². The first-order valence-electron chi connectivity index (χ1n) is 8.28. The number of likely N-dealkylation sites (tertiary alicyclic amines) is 1. The Kier molecular flexibility index (Phi) is 6.82. The molecule has 19 heavy (non-hydrogen) atoms. The maximum absolute atomic E-state index is 3.57. The number of nitrogens with zero attached hydrogens (tertiary/aromatic N) is 1. The van der Waals surface area contributed by atoms with Crippen LogP contribution in [0.3, 0.4) is 0 Å². The summed E-state index contributed by atoms with van der Waals surface area (Å²) >= 11 is 0. The van der Waals surface area contributed by atoms with Crippen LogP contribution >= 0.6 is 0 Å². The van der Waals surface area contributed by atoms with Gasteiger partial charge in [0, 0.05) is 18.1 Å². The molecule has 1 heterocycles. The second kappa shape index (κ2) is 7.64. The predicted molar refractivity (Wildman–Crippen MR) is 85.6 cm³/mol. The summed E-state index contributed by atoms with van der Waals surface area (Å²) < 4.78 is 0. The molecule has 0 radical (unpaired) electrons. The SMILES string of the molecule is CC1CC(C)C(C)N(CCCCCNC(C)(C)C)C1. The number of hydrogen-bond donors (Lipinski definition) is 1. The summed E-state index contributed by atoms with van der Waals surface area (Å²) in [6.45, 7) is 17.7. The molecule has 1 fully saturated rings. The van der Waals surface area contributed by atoms with Crippen molar-refractivity contribution >= 4 is 0 Å². The smallest absolute Gasteiger partial charge is 0.00965 e. The third-order valence-electron chi connectivity index (χ3n) is 4.50. The maximum Gasteiger partial charge on any atom is 0.00965 e. The molecule has 2 heteroatoms. The van der Waals surface area contributed by atoms with E-state index in [0.29, 0.717) is 0 Å². The van der Waals surface area contributed by atoms with E-state index in [4.69, 9.17) is 0 Å². The standard InChI is InChI=1S/C17H36N2/c1-14-12-15(2)16(3)19(13-14)11-9-7-8-10-18-17(4,5)6/h14-16,18H,7-13H2,1-6H3. The van der Waals surface area contributed by atoms with Crippen LogP contribution in [0.4, 0.5) is 0 Å². The van der Waals surface area contributed by atoms with Gasteiger partial charge in [-0.3, -0.25) is 0 Å². The van der Waals surface area contributed by atoms with Gasteiger partial charge >= 0.3 is 0 Å². The number of piperidine rings is 1. The zero-order chi connectivity index (χ0) is 14.5. The van der Waals surface area contributed by atoms with E-state index < -0.39 is 0 Å². The summed E-state index contributed by atoms with van der Waals surface area (Å²) in [7, 11) is 0. The molecule has 1 aliphatic heterocycles. The van der Waals surface area contributed by atoms with Crippen molar-refractivity contribution in [1.29, 1.82) is 0 Å². The lowest BCUT2D eigenvalue weighted by molar-refractivity contribution is 0.0781. The molecule has 114 valence electrons. The molecule has 1 N–H and O–H groups in total. The van der Waals surface area contributed by atoms with Crippen molar-refractivity contribution in [3.05, 3.63) is 0 Å². The molecule has 0 aromatic rings. The molecular weight excluding hydrogens is 232 g/mol. The molecule has 0 aromatic heterocycles. The summed E-state index contributed by atoms with van der Waals surface area (Å²) in [5.41, 5.74) is 0.270. The second-order valence-corrected chi connectivity index (χ2v) is 7.79. The Morgan fingerprint density at radius 1 is 1.05 bits per heavy atom. The average molecular weight is 268 g/mol. The minimum absolute atomic E-state index is 0.270. The molecule has 1 aliphatic rings. The van der Waals surface area contributed by atoms with Gasteiger partial charge < -0.3 is 10.2 Å². The van der Waals surface area contributed by atoms with Crippen LogP contribution in [0.25, 0.3) is 0 Å². The fraction of sp³-hybridized carbons (Fsp3) is 1.00. The van der Waals surface area contributed by atoms with Gasteiger partial charge in [-0.25, -0.2) is 0 Å². The van der Waals surface area contributed by atoms with E-state index >= 15 is 0 Å². The van der Waals surface area contributed by atoms with E-state index in [9.17, 15) is 0 Å². The van der Waals surface area contributed by atoms with Crippen LogP contribution in [0.1, 0.15) is 67.2 Å². The topological polar surface area (TPSA) is 15.3 Å². The quantitative estimate of drug-likeness (QED) is 0.735. The van der Waals surface area contributed by atoms with Crippen LogP contribution in [-0.2, 0) is 0 Å². The van der Waals surface area contributed by atoms with Crippen LogP contribution in [0, 0.1) is 11.8 Å². The molecule has 3 atom stereocenters. The molecule has 3 unspecified atom stereocenters. The monoisotopic (exact) mass is 268 g/mol. The van der Waals surface area contributed by atoms with E-state index in [1.54, 1.807) is 0 Å². The summed E-state index contributed by atoms with van der Waals surface area (Å²) in [5, 5.41) is 3.57. The Morgan fingerprint density at radius 2 is 1.74 bits per heavy atom. The highest BCUT2D eigenvalue weighted by atomic mass is 15.2. The minimum atomic E-state index is 0.270. The lowest BCUT2D eigenvalue weighted by Crippen LogP contribution is -2.46. The molecule has 0 aromatic carbocycles. The normalized spacial score (nSPS) is 29.7. The Balaban J connectivity index is 2.11. The zero-order valence-corrected chi connectivity index (χ0v) is 14.1. The highest BCUT2D eigenvalue weighted by molar-refractivity contribution is 4.81. The number of nitrogens with one attached hydrogen (secondary N) is 1. The Bertz CT molecular complexity index is 244. The van der Waals surface area contributed by atoms with Crippen molar-refractivity contribution in [3.8, 4) is 0 Å². The Morgan fingerprint density at radius 3 is 2.37 bits per heavy atom. The molecule has 0 saturated carbocycles. The van der Waals surface area contributed by atoms with E-state index in [0.717, 1.165) is 24.4 Å². The highest BCUT2D eigenvalue weighted by Gasteiger charge is 2.27. The van der Waals surface area contributed by atoms with Crippen LogP contribution < -0.4 is 5.32 Å². The summed E-state index contributed by atoms with van der Waals surface area (Å²) in [6.07, 6.45) is 5.43. The lowest BCUT2D eigenvalue weighted by atomic mass is 9.86. The maximum atomic E-state index is 3.57.